The van der Waals surface area contributed by atoms with Gasteiger partial charge in [-0.15, -0.1) is 0 Å². The molecule has 140 valence electrons. The lowest BCUT2D eigenvalue weighted by molar-refractivity contribution is -0.118. The van der Waals surface area contributed by atoms with Gasteiger partial charge in [-0.05, 0) is 28.5 Å². The molecule has 1 N–H and O–H groups in total. The van der Waals surface area contributed by atoms with E-state index in [9.17, 15) is 9.59 Å². The second-order valence-electron chi connectivity index (χ2n) is 6.53. The average Bonchev–Trinajstić information content (AvgIpc) is 2.73. The standard InChI is InChI=1S/C22H19N3O2S/c1-25-21(27)18-11-16-9-5-6-10-17(16)12-19(18)24-22(25)28-14-20(26)23-13-15-7-3-2-4-8-15/h2-12H,13-14H2,1H3,(H,23,26). The van der Waals surface area contributed by atoms with Gasteiger partial charge in [-0.1, -0.05) is 66.4 Å². The number of aromatic nitrogens is 2. The number of benzene rings is 3. The Balaban J connectivity index is 1.53. The average molecular weight is 389 g/mol. The highest BCUT2D eigenvalue weighted by atomic mass is 32.2. The minimum atomic E-state index is -0.108. The molecule has 0 aliphatic rings. The van der Waals surface area contributed by atoms with E-state index in [0.29, 0.717) is 22.6 Å². The summed E-state index contributed by atoms with van der Waals surface area (Å²) in [6.45, 7) is 0.482. The quantitative estimate of drug-likeness (QED) is 0.322. The summed E-state index contributed by atoms with van der Waals surface area (Å²) in [5, 5.41) is 6.05. The van der Waals surface area contributed by atoms with Gasteiger partial charge in [-0.2, -0.15) is 0 Å². The molecule has 3 aromatic carbocycles. The predicted octanol–water partition coefficient (Wildman–Crippen LogP) is 3.50. The summed E-state index contributed by atoms with van der Waals surface area (Å²) in [7, 11) is 1.69. The zero-order valence-corrected chi connectivity index (χ0v) is 16.2. The number of carbonyl (C=O) groups excluding carboxylic acids is 1. The minimum Gasteiger partial charge on any atom is -0.351 e. The molecule has 0 saturated heterocycles. The third-order valence-corrected chi connectivity index (χ3v) is 5.60. The van der Waals surface area contributed by atoms with Crippen LogP contribution in [0.2, 0.25) is 0 Å². The molecule has 0 unspecified atom stereocenters. The highest BCUT2D eigenvalue weighted by molar-refractivity contribution is 7.99. The molecule has 28 heavy (non-hydrogen) atoms. The zero-order valence-electron chi connectivity index (χ0n) is 15.4. The van der Waals surface area contributed by atoms with Crippen LogP contribution in [0, 0.1) is 0 Å². The molecule has 0 aliphatic carbocycles. The number of hydrogen-bond acceptors (Lipinski definition) is 4. The zero-order chi connectivity index (χ0) is 19.5. The van der Waals surface area contributed by atoms with Gasteiger partial charge in [-0.25, -0.2) is 4.98 Å². The maximum atomic E-state index is 12.8. The Morgan fingerprint density at radius 2 is 1.71 bits per heavy atom. The van der Waals surface area contributed by atoms with Gasteiger partial charge in [-0.3, -0.25) is 14.2 Å². The van der Waals surface area contributed by atoms with Gasteiger partial charge < -0.3 is 5.32 Å². The van der Waals surface area contributed by atoms with Crippen LogP contribution in [0.5, 0.6) is 0 Å². The van der Waals surface area contributed by atoms with Gasteiger partial charge in [0.25, 0.3) is 5.56 Å². The highest BCUT2D eigenvalue weighted by Crippen LogP contribution is 2.22. The number of nitrogens with one attached hydrogen (secondary N) is 1. The van der Waals surface area contributed by atoms with Gasteiger partial charge in [0.05, 0.1) is 16.7 Å². The molecule has 0 atom stereocenters. The number of thioether (sulfide) groups is 1. The highest BCUT2D eigenvalue weighted by Gasteiger charge is 2.12. The molecule has 4 rings (SSSR count). The van der Waals surface area contributed by atoms with Crippen LogP contribution in [0.3, 0.4) is 0 Å². The Morgan fingerprint density at radius 3 is 2.46 bits per heavy atom. The molecule has 1 heterocycles. The Morgan fingerprint density at radius 1 is 1.04 bits per heavy atom. The predicted molar refractivity (Wildman–Crippen MR) is 114 cm³/mol. The lowest BCUT2D eigenvalue weighted by atomic mass is 10.1. The molecular formula is C22H19N3O2S. The van der Waals surface area contributed by atoms with Gasteiger partial charge in [0, 0.05) is 13.6 Å². The number of rotatable bonds is 5. The molecule has 5 nitrogen and oxygen atoms in total. The molecular weight excluding hydrogens is 370 g/mol. The largest absolute Gasteiger partial charge is 0.351 e. The molecule has 0 fully saturated rings. The summed E-state index contributed by atoms with van der Waals surface area (Å²) in [6.07, 6.45) is 0. The monoisotopic (exact) mass is 389 g/mol. The third-order valence-electron chi connectivity index (χ3n) is 4.57. The van der Waals surface area contributed by atoms with Crippen molar-refractivity contribution in [1.82, 2.24) is 14.9 Å². The van der Waals surface area contributed by atoms with E-state index in [1.165, 1.54) is 16.3 Å². The van der Waals surface area contributed by atoms with Crippen LogP contribution in [0.15, 0.2) is 76.7 Å². The summed E-state index contributed by atoms with van der Waals surface area (Å²) in [4.78, 5) is 29.6. The van der Waals surface area contributed by atoms with Crippen LogP contribution < -0.4 is 10.9 Å². The third kappa shape index (κ3) is 3.77. The van der Waals surface area contributed by atoms with Crippen molar-refractivity contribution in [1.29, 1.82) is 0 Å². The van der Waals surface area contributed by atoms with Crippen LogP contribution >= 0.6 is 11.8 Å². The van der Waals surface area contributed by atoms with Crippen molar-refractivity contribution in [3.8, 4) is 0 Å². The van der Waals surface area contributed by atoms with Crippen molar-refractivity contribution in [3.63, 3.8) is 0 Å². The number of carbonyl (C=O) groups is 1. The summed E-state index contributed by atoms with van der Waals surface area (Å²) in [5.41, 5.74) is 1.58. The lowest BCUT2D eigenvalue weighted by Crippen LogP contribution is -2.25. The van der Waals surface area contributed by atoms with Gasteiger partial charge in [0.15, 0.2) is 5.16 Å². The van der Waals surface area contributed by atoms with Crippen molar-refractivity contribution < 1.29 is 4.79 Å². The number of nitrogens with zero attached hydrogens (tertiary/aromatic N) is 2. The molecule has 0 spiro atoms. The molecule has 0 saturated carbocycles. The van der Waals surface area contributed by atoms with Gasteiger partial charge in [0.2, 0.25) is 5.91 Å². The molecule has 1 amide bonds. The van der Waals surface area contributed by atoms with Crippen molar-refractivity contribution >= 4 is 39.3 Å². The fraction of sp³-hybridized carbons (Fsp3) is 0.136. The Kier molecular flexibility index (Phi) is 5.12. The maximum Gasteiger partial charge on any atom is 0.261 e. The van der Waals surface area contributed by atoms with Crippen molar-refractivity contribution in [3.05, 3.63) is 82.6 Å². The molecule has 0 radical (unpaired) electrons. The van der Waals surface area contributed by atoms with Crippen molar-refractivity contribution in [2.24, 2.45) is 7.05 Å². The van der Waals surface area contributed by atoms with Gasteiger partial charge in [0.1, 0.15) is 0 Å². The van der Waals surface area contributed by atoms with E-state index in [2.05, 4.69) is 10.3 Å². The number of hydrogen-bond donors (Lipinski definition) is 1. The Bertz CT molecular complexity index is 1220. The first kappa shape index (κ1) is 18.3. The minimum absolute atomic E-state index is 0.0956. The second-order valence-corrected chi connectivity index (χ2v) is 7.47. The fourth-order valence-electron chi connectivity index (χ4n) is 3.04. The first-order valence-corrected chi connectivity index (χ1v) is 9.93. The summed E-state index contributed by atoms with van der Waals surface area (Å²) in [5.74, 6) is 0.105. The Hall–Kier alpha value is -3.12. The first-order valence-electron chi connectivity index (χ1n) is 8.95. The topological polar surface area (TPSA) is 64.0 Å². The van der Waals surface area contributed by atoms with E-state index in [-0.39, 0.29) is 17.2 Å². The molecule has 4 aromatic rings. The smallest absolute Gasteiger partial charge is 0.261 e. The van der Waals surface area contributed by atoms with Crippen molar-refractivity contribution in [2.45, 2.75) is 11.7 Å². The number of fused-ring (bicyclic) bond motifs is 2. The van der Waals surface area contributed by atoms with Crippen LogP contribution in [-0.4, -0.2) is 21.2 Å². The molecule has 1 aromatic heterocycles. The molecule has 0 bridgehead atoms. The lowest BCUT2D eigenvalue weighted by Gasteiger charge is -2.10. The first-order chi connectivity index (χ1) is 13.6. The summed E-state index contributed by atoms with van der Waals surface area (Å²) >= 11 is 1.26. The van der Waals surface area contributed by atoms with E-state index in [1.807, 2.05) is 66.7 Å². The van der Waals surface area contributed by atoms with Crippen LogP contribution in [0.25, 0.3) is 21.7 Å². The van der Waals surface area contributed by atoms with Crippen LogP contribution in [0.4, 0.5) is 0 Å². The summed E-state index contributed by atoms with van der Waals surface area (Å²) in [6, 6.07) is 21.4. The van der Waals surface area contributed by atoms with Crippen LogP contribution in [-0.2, 0) is 18.4 Å². The van der Waals surface area contributed by atoms with Gasteiger partial charge >= 0.3 is 0 Å². The van der Waals surface area contributed by atoms with E-state index in [1.54, 1.807) is 7.05 Å². The molecule has 0 aliphatic heterocycles. The maximum absolute atomic E-state index is 12.8. The van der Waals surface area contributed by atoms with Crippen LogP contribution in [0.1, 0.15) is 5.56 Å². The van der Waals surface area contributed by atoms with E-state index in [4.69, 9.17) is 0 Å². The second kappa shape index (κ2) is 7.86. The Labute approximate surface area is 166 Å². The normalized spacial score (nSPS) is 11.0. The van der Waals surface area contributed by atoms with Crippen molar-refractivity contribution in [2.75, 3.05) is 5.75 Å². The SMILES string of the molecule is Cn1c(SCC(=O)NCc2ccccc2)nc2cc3ccccc3cc2c1=O. The summed E-state index contributed by atoms with van der Waals surface area (Å²) < 4.78 is 1.51. The van der Waals surface area contributed by atoms with E-state index >= 15 is 0 Å². The van der Waals surface area contributed by atoms with E-state index < -0.39 is 0 Å². The van der Waals surface area contributed by atoms with E-state index in [0.717, 1.165) is 16.3 Å². The molecule has 6 heteroatoms. The number of amides is 1. The fourth-order valence-corrected chi connectivity index (χ4v) is 3.85.